The molecule has 0 radical (unpaired) electrons. The van der Waals surface area contributed by atoms with Crippen LogP contribution in [-0.2, 0) is 19.1 Å². The molecule has 0 bridgehead atoms. The van der Waals surface area contributed by atoms with E-state index in [0.29, 0.717) is 0 Å². The largest absolute Gasteiger partial charge is 0.464 e. The van der Waals surface area contributed by atoms with E-state index in [4.69, 9.17) is 5.73 Å². The van der Waals surface area contributed by atoms with Crippen molar-refractivity contribution in [1.82, 2.24) is 4.90 Å². The number of imide groups is 1. The maximum absolute atomic E-state index is 11.1. The molecule has 0 aromatic rings. The van der Waals surface area contributed by atoms with E-state index in [9.17, 15) is 14.4 Å². The third-order valence-corrected chi connectivity index (χ3v) is 1.82. The Labute approximate surface area is 86.7 Å². The Morgan fingerprint density at radius 1 is 1.33 bits per heavy atom. The summed E-state index contributed by atoms with van der Waals surface area (Å²) in [6.45, 7) is 0.460. The second-order valence-electron chi connectivity index (χ2n) is 2.92. The molecule has 0 unspecified atom stereocenters. The van der Waals surface area contributed by atoms with E-state index in [1.807, 2.05) is 0 Å². The minimum atomic E-state index is -0.465. The van der Waals surface area contributed by atoms with Crippen molar-refractivity contribution in [3.8, 4) is 0 Å². The van der Waals surface area contributed by atoms with Crippen LogP contribution in [0.3, 0.4) is 0 Å². The van der Waals surface area contributed by atoms with Crippen molar-refractivity contribution < 1.29 is 19.1 Å². The average Bonchev–Trinajstić information content (AvgIpc) is 2.53. The molecule has 0 fully saturated rings. The number of amides is 2. The number of carbonyl (C=O) groups excluding carboxylic acids is 3. The van der Waals surface area contributed by atoms with Crippen LogP contribution < -0.4 is 5.73 Å². The molecule has 0 aromatic heterocycles. The zero-order valence-electron chi connectivity index (χ0n) is 8.14. The maximum Gasteiger partial charge on any atom is 0.307 e. The minimum Gasteiger partial charge on any atom is -0.464 e. The first-order valence-electron chi connectivity index (χ1n) is 4.54. The standard InChI is InChI=1S/C9H12N2O4/c10-4-6-15-9(14)3-5-11-7(12)1-2-8(11)13/h1-2H,3-6,10H2. The van der Waals surface area contributed by atoms with Crippen LogP contribution in [0.25, 0.3) is 0 Å². The lowest BCUT2D eigenvalue weighted by Gasteiger charge is -2.12. The molecule has 0 aromatic carbocycles. The summed E-state index contributed by atoms with van der Waals surface area (Å²) in [6, 6.07) is 0. The van der Waals surface area contributed by atoms with Crippen molar-refractivity contribution in [2.45, 2.75) is 6.42 Å². The Hall–Kier alpha value is -1.69. The second kappa shape index (κ2) is 5.26. The van der Waals surface area contributed by atoms with Crippen LogP contribution in [0.5, 0.6) is 0 Å². The first kappa shape index (κ1) is 11.4. The fourth-order valence-corrected chi connectivity index (χ4v) is 1.10. The fraction of sp³-hybridized carbons (Fsp3) is 0.444. The van der Waals surface area contributed by atoms with Gasteiger partial charge < -0.3 is 10.5 Å². The second-order valence-corrected chi connectivity index (χ2v) is 2.92. The number of hydrogen-bond donors (Lipinski definition) is 1. The van der Waals surface area contributed by atoms with Crippen molar-refractivity contribution in [2.75, 3.05) is 19.7 Å². The summed E-state index contributed by atoms with van der Waals surface area (Å²) in [5.74, 6) is -1.26. The summed E-state index contributed by atoms with van der Waals surface area (Å²) in [5.41, 5.74) is 5.13. The Balaban J connectivity index is 2.28. The van der Waals surface area contributed by atoms with Gasteiger partial charge in [-0.2, -0.15) is 0 Å². The monoisotopic (exact) mass is 212 g/mol. The van der Waals surface area contributed by atoms with Gasteiger partial charge in [0.1, 0.15) is 6.61 Å². The lowest BCUT2D eigenvalue weighted by atomic mass is 10.4. The van der Waals surface area contributed by atoms with Gasteiger partial charge in [0.15, 0.2) is 0 Å². The quantitative estimate of drug-likeness (QED) is 0.457. The summed E-state index contributed by atoms with van der Waals surface area (Å²) >= 11 is 0. The Kier molecular flexibility index (Phi) is 3.99. The smallest absolute Gasteiger partial charge is 0.307 e. The molecule has 82 valence electrons. The van der Waals surface area contributed by atoms with Gasteiger partial charge in [-0.1, -0.05) is 0 Å². The van der Waals surface area contributed by atoms with E-state index in [1.165, 1.54) is 12.2 Å². The number of esters is 1. The highest BCUT2D eigenvalue weighted by atomic mass is 16.5. The van der Waals surface area contributed by atoms with Gasteiger partial charge >= 0.3 is 5.97 Å². The maximum atomic E-state index is 11.1. The molecule has 15 heavy (non-hydrogen) atoms. The molecule has 0 spiro atoms. The molecule has 1 aliphatic heterocycles. The van der Waals surface area contributed by atoms with Crippen LogP contribution in [0.2, 0.25) is 0 Å². The van der Waals surface area contributed by atoms with Gasteiger partial charge in [0.25, 0.3) is 11.8 Å². The Bertz CT molecular complexity index is 293. The molecule has 1 rings (SSSR count). The molecule has 0 aliphatic carbocycles. The molecular formula is C9H12N2O4. The summed E-state index contributed by atoms with van der Waals surface area (Å²) < 4.78 is 4.69. The van der Waals surface area contributed by atoms with Crippen molar-refractivity contribution in [3.63, 3.8) is 0 Å². The van der Waals surface area contributed by atoms with Gasteiger partial charge in [0, 0.05) is 25.2 Å². The van der Waals surface area contributed by atoms with Crippen LogP contribution in [0.15, 0.2) is 12.2 Å². The van der Waals surface area contributed by atoms with Crippen molar-refractivity contribution in [3.05, 3.63) is 12.2 Å². The van der Waals surface area contributed by atoms with Gasteiger partial charge in [-0.05, 0) is 0 Å². The highest BCUT2D eigenvalue weighted by molar-refractivity contribution is 6.12. The van der Waals surface area contributed by atoms with E-state index in [1.54, 1.807) is 0 Å². The zero-order valence-corrected chi connectivity index (χ0v) is 8.14. The van der Waals surface area contributed by atoms with Crippen LogP contribution in [0, 0.1) is 0 Å². The van der Waals surface area contributed by atoms with Crippen LogP contribution >= 0.6 is 0 Å². The highest BCUT2D eigenvalue weighted by Gasteiger charge is 2.23. The van der Waals surface area contributed by atoms with E-state index in [2.05, 4.69) is 4.74 Å². The van der Waals surface area contributed by atoms with Gasteiger partial charge in [-0.15, -0.1) is 0 Å². The van der Waals surface area contributed by atoms with Crippen molar-refractivity contribution in [1.29, 1.82) is 0 Å². The van der Waals surface area contributed by atoms with Crippen LogP contribution in [0.4, 0.5) is 0 Å². The van der Waals surface area contributed by atoms with Gasteiger partial charge in [0.05, 0.1) is 6.42 Å². The topological polar surface area (TPSA) is 89.7 Å². The minimum absolute atomic E-state index is 0.000833. The first-order valence-corrected chi connectivity index (χ1v) is 4.54. The molecule has 0 saturated heterocycles. The van der Waals surface area contributed by atoms with Gasteiger partial charge in [0.2, 0.25) is 0 Å². The van der Waals surface area contributed by atoms with E-state index in [0.717, 1.165) is 4.90 Å². The van der Waals surface area contributed by atoms with E-state index < -0.39 is 17.8 Å². The Morgan fingerprint density at radius 2 is 1.93 bits per heavy atom. The van der Waals surface area contributed by atoms with Crippen LogP contribution in [-0.4, -0.2) is 42.4 Å². The molecule has 2 amide bonds. The number of ether oxygens (including phenoxy) is 1. The summed E-state index contributed by atoms with van der Waals surface area (Å²) in [6.07, 6.45) is 2.35. The van der Waals surface area contributed by atoms with Crippen molar-refractivity contribution in [2.24, 2.45) is 5.73 Å². The SMILES string of the molecule is NCCOC(=O)CCN1C(=O)C=CC1=O. The predicted octanol–water partition coefficient (Wildman–Crippen LogP) is -1.20. The molecule has 0 saturated carbocycles. The van der Waals surface area contributed by atoms with Gasteiger partial charge in [-0.25, -0.2) is 0 Å². The molecule has 1 aliphatic rings. The predicted molar refractivity (Wildman–Crippen MR) is 50.5 cm³/mol. The molecular weight excluding hydrogens is 200 g/mol. The summed E-state index contributed by atoms with van der Waals surface area (Å²) in [7, 11) is 0. The number of carbonyl (C=O) groups is 3. The van der Waals surface area contributed by atoms with E-state index >= 15 is 0 Å². The van der Waals surface area contributed by atoms with E-state index in [-0.39, 0.29) is 26.1 Å². The lowest BCUT2D eigenvalue weighted by molar-refractivity contribution is -0.144. The van der Waals surface area contributed by atoms with Gasteiger partial charge in [-0.3, -0.25) is 19.3 Å². The molecule has 0 atom stereocenters. The number of nitrogens with zero attached hydrogens (tertiary/aromatic N) is 1. The molecule has 6 heteroatoms. The van der Waals surface area contributed by atoms with Crippen LogP contribution in [0.1, 0.15) is 6.42 Å². The fourth-order valence-electron chi connectivity index (χ4n) is 1.10. The average molecular weight is 212 g/mol. The summed E-state index contributed by atoms with van der Waals surface area (Å²) in [5, 5.41) is 0. The first-order chi connectivity index (χ1) is 7.15. The third-order valence-electron chi connectivity index (χ3n) is 1.82. The van der Waals surface area contributed by atoms with Crippen molar-refractivity contribution >= 4 is 17.8 Å². The number of rotatable bonds is 5. The highest BCUT2D eigenvalue weighted by Crippen LogP contribution is 2.04. The molecule has 1 heterocycles. The lowest BCUT2D eigenvalue weighted by Crippen LogP contribution is -2.32. The number of hydrogen-bond acceptors (Lipinski definition) is 5. The number of nitrogens with two attached hydrogens (primary N) is 1. The zero-order chi connectivity index (χ0) is 11.3. The molecule has 6 nitrogen and oxygen atoms in total. The normalized spacial score (nSPS) is 14.9. The summed E-state index contributed by atoms with van der Waals surface area (Å²) in [4.78, 5) is 34.1. The Morgan fingerprint density at radius 3 is 2.47 bits per heavy atom. The molecule has 2 N–H and O–H groups in total. The third kappa shape index (κ3) is 3.17.